The van der Waals surface area contributed by atoms with E-state index >= 15 is 0 Å². The van der Waals surface area contributed by atoms with Crippen molar-refractivity contribution in [3.8, 4) is 0 Å². The van der Waals surface area contributed by atoms with Crippen molar-refractivity contribution >= 4 is 17.7 Å². The molecule has 2 aliphatic carbocycles. The lowest BCUT2D eigenvalue weighted by molar-refractivity contribution is -0.123. The van der Waals surface area contributed by atoms with Crippen molar-refractivity contribution in [2.45, 2.75) is 99.3 Å². The minimum absolute atomic E-state index is 0.215. The molecule has 0 aliphatic heterocycles. The summed E-state index contributed by atoms with van der Waals surface area (Å²) in [4.78, 5) is 12.4. The van der Waals surface area contributed by atoms with E-state index in [1.807, 2.05) is 27.7 Å². The van der Waals surface area contributed by atoms with E-state index in [0.29, 0.717) is 43.6 Å². The molecule has 2 aliphatic rings. The zero-order valence-electron chi connectivity index (χ0n) is 20.9. The fourth-order valence-corrected chi connectivity index (χ4v) is 5.82. The fraction of sp³-hybridized carbons (Fsp3) is 0.960. The summed E-state index contributed by atoms with van der Waals surface area (Å²) < 4.78 is 11.0. The van der Waals surface area contributed by atoms with Crippen LogP contribution in [-0.2, 0) is 14.3 Å². The Kier molecular flexibility index (Phi) is 18.2. The van der Waals surface area contributed by atoms with Crippen LogP contribution in [0.1, 0.15) is 99.3 Å². The molecule has 0 radical (unpaired) electrons. The Labute approximate surface area is 192 Å². The lowest BCUT2D eigenvalue weighted by Crippen LogP contribution is -2.32. The molecule has 0 aromatic rings. The second-order valence-electron chi connectivity index (χ2n) is 8.33. The zero-order chi connectivity index (χ0) is 22.7. The molecule has 0 atom stereocenters. The number of hydrogen-bond acceptors (Lipinski definition) is 4. The minimum atomic E-state index is 0.215. The van der Waals surface area contributed by atoms with Gasteiger partial charge in [0, 0.05) is 19.6 Å². The van der Waals surface area contributed by atoms with Gasteiger partial charge in [0.15, 0.2) is 0 Å². The van der Waals surface area contributed by atoms with Gasteiger partial charge >= 0.3 is 0 Å². The SMILES string of the molecule is CC.CC.CCCCOCCOCCNC(=O)CC12CCC(CSCCC)(CC1)C2. The summed E-state index contributed by atoms with van der Waals surface area (Å²) in [6.07, 6.45) is 10.7. The highest BCUT2D eigenvalue weighted by Crippen LogP contribution is 2.63. The van der Waals surface area contributed by atoms with E-state index in [1.165, 1.54) is 50.0 Å². The molecule has 2 saturated carbocycles. The monoisotopic (exact) mass is 445 g/mol. The molecule has 1 amide bonds. The molecule has 0 aromatic carbocycles. The molecule has 0 heterocycles. The molecule has 0 saturated heterocycles. The van der Waals surface area contributed by atoms with E-state index < -0.39 is 0 Å². The Balaban J connectivity index is 0.00000198. The summed E-state index contributed by atoms with van der Waals surface area (Å²) in [5.74, 6) is 2.80. The highest BCUT2D eigenvalue weighted by molar-refractivity contribution is 7.99. The Bertz CT molecular complexity index is 409. The predicted molar refractivity (Wildman–Crippen MR) is 132 cm³/mol. The van der Waals surface area contributed by atoms with Gasteiger partial charge in [-0.25, -0.2) is 0 Å². The van der Waals surface area contributed by atoms with Gasteiger partial charge in [-0.05, 0) is 67.3 Å². The number of carbonyl (C=O) groups excluding carboxylic acids is 1. The summed E-state index contributed by atoms with van der Waals surface area (Å²) in [6, 6.07) is 0. The topological polar surface area (TPSA) is 47.6 Å². The van der Waals surface area contributed by atoms with E-state index in [9.17, 15) is 4.79 Å². The van der Waals surface area contributed by atoms with Gasteiger partial charge in [-0.2, -0.15) is 11.8 Å². The van der Waals surface area contributed by atoms with E-state index in [1.54, 1.807) is 0 Å². The number of nitrogens with one attached hydrogen (secondary N) is 1. The average molecular weight is 446 g/mol. The summed E-state index contributed by atoms with van der Waals surface area (Å²) in [7, 11) is 0. The van der Waals surface area contributed by atoms with Gasteiger partial charge in [-0.1, -0.05) is 48.0 Å². The van der Waals surface area contributed by atoms with Crippen LogP contribution >= 0.6 is 11.8 Å². The quantitative estimate of drug-likeness (QED) is 0.293. The third kappa shape index (κ3) is 11.4. The summed E-state index contributed by atoms with van der Waals surface area (Å²) in [6.45, 7) is 15.7. The molecule has 0 aromatic heterocycles. The molecular weight excluding hydrogens is 394 g/mol. The van der Waals surface area contributed by atoms with Crippen molar-refractivity contribution in [3.05, 3.63) is 0 Å². The zero-order valence-corrected chi connectivity index (χ0v) is 21.8. The van der Waals surface area contributed by atoms with Gasteiger partial charge < -0.3 is 14.8 Å². The minimum Gasteiger partial charge on any atom is -0.379 e. The van der Waals surface area contributed by atoms with Gasteiger partial charge in [0.2, 0.25) is 5.91 Å². The van der Waals surface area contributed by atoms with Crippen molar-refractivity contribution in [1.29, 1.82) is 0 Å². The second-order valence-corrected chi connectivity index (χ2v) is 9.44. The molecule has 30 heavy (non-hydrogen) atoms. The van der Waals surface area contributed by atoms with Crippen LogP contribution in [-0.4, -0.2) is 50.4 Å². The molecule has 0 unspecified atom stereocenters. The van der Waals surface area contributed by atoms with Crippen molar-refractivity contribution < 1.29 is 14.3 Å². The first-order chi connectivity index (χ1) is 14.6. The van der Waals surface area contributed by atoms with Crippen LogP contribution in [0.5, 0.6) is 0 Å². The molecule has 2 fully saturated rings. The summed E-state index contributed by atoms with van der Waals surface area (Å²) in [5, 5.41) is 3.05. The maximum absolute atomic E-state index is 12.4. The first-order valence-corrected chi connectivity index (χ1v) is 13.8. The average Bonchev–Trinajstić information content (AvgIpc) is 3.31. The largest absolute Gasteiger partial charge is 0.379 e. The van der Waals surface area contributed by atoms with Crippen molar-refractivity contribution in [2.75, 3.05) is 44.5 Å². The maximum Gasteiger partial charge on any atom is 0.220 e. The lowest BCUT2D eigenvalue weighted by Gasteiger charge is -2.27. The van der Waals surface area contributed by atoms with E-state index in [2.05, 4.69) is 30.9 Å². The lowest BCUT2D eigenvalue weighted by atomic mass is 9.80. The molecule has 0 spiro atoms. The third-order valence-electron chi connectivity index (χ3n) is 6.00. The Morgan fingerprint density at radius 1 is 0.867 bits per heavy atom. The van der Waals surface area contributed by atoms with Crippen LogP contribution in [0.15, 0.2) is 0 Å². The van der Waals surface area contributed by atoms with Crippen LogP contribution < -0.4 is 5.32 Å². The van der Waals surface area contributed by atoms with E-state index in [-0.39, 0.29) is 5.91 Å². The summed E-state index contributed by atoms with van der Waals surface area (Å²) >= 11 is 2.12. The Morgan fingerprint density at radius 3 is 2.07 bits per heavy atom. The van der Waals surface area contributed by atoms with Crippen molar-refractivity contribution in [3.63, 3.8) is 0 Å². The van der Waals surface area contributed by atoms with Crippen LogP contribution in [0.4, 0.5) is 0 Å². The molecule has 2 rings (SSSR count). The Morgan fingerprint density at radius 2 is 1.47 bits per heavy atom. The normalized spacial score (nSPS) is 23.9. The van der Waals surface area contributed by atoms with Gasteiger partial charge in [0.1, 0.15) is 0 Å². The van der Waals surface area contributed by atoms with Crippen LogP contribution in [0.25, 0.3) is 0 Å². The first-order valence-electron chi connectivity index (χ1n) is 12.6. The smallest absolute Gasteiger partial charge is 0.220 e. The maximum atomic E-state index is 12.4. The standard InChI is InChI=1S/C21H39NO3S.2C2H6/c1-3-5-11-24-13-14-25-12-10-22-19(23)16-20-6-8-21(17-20,9-7-20)18-26-15-4-2;2*1-2/h3-18H2,1-2H3,(H,22,23);2*1-2H3. The van der Waals surface area contributed by atoms with Gasteiger partial charge in [-0.15, -0.1) is 0 Å². The molecule has 5 heteroatoms. The van der Waals surface area contributed by atoms with E-state index in [0.717, 1.165) is 19.4 Å². The molecule has 4 nitrogen and oxygen atoms in total. The second kappa shape index (κ2) is 18.3. The number of thioether (sulfide) groups is 1. The highest BCUT2D eigenvalue weighted by Gasteiger charge is 2.54. The number of ether oxygens (including phenoxy) is 2. The number of amides is 1. The highest BCUT2D eigenvalue weighted by atomic mass is 32.2. The van der Waals surface area contributed by atoms with Crippen LogP contribution in [0.2, 0.25) is 0 Å². The van der Waals surface area contributed by atoms with Crippen LogP contribution in [0, 0.1) is 10.8 Å². The van der Waals surface area contributed by atoms with E-state index in [4.69, 9.17) is 9.47 Å². The van der Waals surface area contributed by atoms with Crippen LogP contribution in [0.3, 0.4) is 0 Å². The third-order valence-corrected chi connectivity index (χ3v) is 7.51. The van der Waals surface area contributed by atoms with Gasteiger partial charge in [0.25, 0.3) is 0 Å². The molecule has 180 valence electrons. The number of unbranched alkanes of at least 4 members (excludes halogenated alkanes) is 1. The fourth-order valence-electron chi connectivity index (χ4n) is 4.56. The number of rotatable bonds is 15. The molecule has 1 N–H and O–H groups in total. The molecular formula is C25H51NO3S. The number of fused-ring (bicyclic) bond motifs is 2. The Hall–Kier alpha value is -0.260. The first kappa shape index (κ1) is 29.7. The predicted octanol–water partition coefficient (Wildman–Crippen LogP) is 6.47. The van der Waals surface area contributed by atoms with Crippen molar-refractivity contribution in [1.82, 2.24) is 5.32 Å². The molecule has 2 bridgehead atoms. The number of carbonyl (C=O) groups is 1. The summed E-state index contributed by atoms with van der Waals surface area (Å²) in [5.41, 5.74) is 0.839. The van der Waals surface area contributed by atoms with Gasteiger partial charge in [0.05, 0.1) is 19.8 Å². The number of hydrogen-bond donors (Lipinski definition) is 1. The van der Waals surface area contributed by atoms with Gasteiger partial charge in [-0.3, -0.25) is 4.79 Å². The van der Waals surface area contributed by atoms with Crippen molar-refractivity contribution in [2.24, 2.45) is 10.8 Å².